The molecule has 1 aromatic heterocycles. The van der Waals surface area contributed by atoms with Crippen LogP contribution in [-0.2, 0) is 0 Å². The predicted molar refractivity (Wildman–Crippen MR) is 123 cm³/mol. The number of carbonyl (C=O) groups is 1. The van der Waals surface area contributed by atoms with E-state index in [2.05, 4.69) is 15.6 Å². The quantitative estimate of drug-likeness (QED) is 0.364. The van der Waals surface area contributed by atoms with Crippen molar-refractivity contribution in [3.8, 4) is 17.0 Å². The predicted octanol–water partition coefficient (Wildman–Crippen LogP) is 6.47. The summed E-state index contributed by atoms with van der Waals surface area (Å²) >= 11 is 7.61. The van der Waals surface area contributed by atoms with Crippen molar-refractivity contribution in [3.05, 3.63) is 88.8 Å². The van der Waals surface area contributed by atoms with Gasteiger partial charge in [0.2, 0.25) is 0 Å². The zero-order valence-corrected chi connectivity index (χ0v) is 17.6. The Kier molecular flexibility index (Phi) is 5.97. The minimum Gasteiger partial charge on any atom is -0.497 e. The van der Waals surface area contributed by atoms with E-state index in [1.165, 1.54) is 11.3 Å². The average molecular weight is 436 g/mol. The molecular formula is C23H18ClN3O2S. The van der Waals surface area contributed by atoms with Gasteiger partial charge in [0, 0.05) is 28.4 Å². The highest BCUT2D eigenvalue weighted by atomic mass is 35.5. The molecule has 0 aliphatic carbocycles. The van der Waals surface area contributed by atoms with Crippen LogP contribution < -0.4 is 15.4 Å². The van der Waals surface area contributed by atoms with Crippen molar-refractivity contribution < 1.29 is 9.53 Å². The third kappa shape index (κ3) is 4.62. The standard InChI is InChI=1S/C23H18ClN3O2S/c1-29-18-6-4-5-17(13-18)26-23-27-21(14-30-23)15-9-11-16(12-10-15)25-22(28)19-7-2-3-8-20(19)24/h2-14H,1H3,(H,25,28)(H,26,27). The Hall–Kier alpha value is -3.35. The van der Waals surface area contributed by atoms with Gasteiger partial charge in [-0.3, -0.25) is 4.79 Å². The Morgan fingerprint density at radius 3 is 2.57 bits per heavy atom. The highest BCUT2D eigenvalue weighted by Crippen LogP contribution is 2.29. The van der Waals surface area contributed by atoms with E-state index in [-0.39, 0.29) is 5.91 Å². The fourth-order valence-corrected chi connectivity index (χ4v) is 3.82. The number of benzene rings is 3. The molecule has 0 atom stereocenters. The van der Waals surface area contributed by atoms with E-state index < -0.39 is 0 Å². The number of nitrogens with zero attached hydrogens (tertiary/aromatic N) is 1. The van der Waals surface area contributed by atoms with E-state index in [9.17, 15) is 4.79 Å². The lowest BCUT2D eigenvalue weighted by Gasteiger charge is -2.07. The molecule has 1 heterocycles. The highest BCUT2D eigenvalue weighted by molar-refractivity contribution is 7.14. The molecule has 0 bridgehead atoms. The zero-order valence-electron chi connectivity index (χ0n) is 16.1. The molecule has 0 aliphatic heterocycles. The molecular weight excluding hydrogens is 418 g/mol. The van der Waals surface area contributed by atoms with E-state index in [1.54, 1.807) is 31.4 Å². The van der Waals surface area contributed by atoms with E-state index in [0.717, 1.165) is 27.8 Å². The lowest BCUT2D eigenvalue weighted by molar-refractivity contribution is 0.102. The van der Waals surface area contributed by atoms with Gasteiger partial charge in [0.15, 0.2) is 5.13 Å². The summed E-state index contributed by atoms with van der Waals surface area (Å²) in [5.74, 6) is 0.540. The van der Waals surface area contributed by atoms with Crippen molar-refractivity contribution >= 4 is 45.4 Å². The number of carbonyl (C=O) groups excluding carboxylic acids is 1. The third-order valence-electron chi connectivity index (χ3n) is 4.38. The van der Waals surface area contributed by atoms with Crippen LogP contribution in [0.3, 0.4) is 0 Å². The van der Waals surface area contributed by atoms with Crippen molar-refractivity contribution in [2.24, 2.45) is 0 Å². The second-order valence-electron chi connectivity index (χ2n) is 6.41. The number of halogens is 1. The number of methoxy groups -OCH3 is 1. The van der Waals surface area contributed by atoms with Crippen molar-refractivity contribution in [2.75, 3.05) is 17.7 Å². The molecule has 0 saturated carbocycles. The maximum atomic E-state index is 12.4. The molecule has 4 aromatic rings. The number of thiazole rings is 1. The van der Waals surface area contributed by atoms with E-state index >= 15 is 0 Å². The van der Waals surface area contributed by atoms with Crippen molar-refractivity contribution in [1.29, 1.82) is 0 Å². The summed E-state index contributed by atoms with van der Waals surface area (Å²) < 4.78 is 5.25. The molecule has 0 fully saturated rings. The number of rotatable bonds is 6. The first kappa shape index (κ1) is 19.9. The van der Waals surface area contributed by atoms with Gasteiger partial charge in [0.1, 0.15) is 5.75 Å². The Balaban J connectivity index is 1.44. The molecule has 0 unspecified atom stereocenters. The molecule has 150 valence electrons. The molecule has 0 saturated heterocycles. The number of aromatic nitrogens is 1. The van der Waals surface area contributed by atoms with Gasteiger partial charge in [0.25, 0.3) is 5.91 Å². The maximum absolute atomic E-state index is 12.4. The number of amides is 1. The Bertz CT molecular complexity index is 1180. The molecule has 2 N–H and O–H groups in total. The topological polar surface area (TPSA) is 63.2 Å². The number of nitrogens with one attached hydrogen (secondary N) is 2. The van der Waals surface area contributed by atoms with Gasteiger partial charge in [-0.25, -0.2) is 4.98 Å². The Morgan fingerprint density at radius 1 is 1.00 bits per heavy atom. The van der Waals surface area contributed by atoms with Crippen LogP contribution in [0.2, 0.25) is 5.02 Å². The number of anilines is 3. The molecule has 0 aliphatic rings. The SMILES string of the molecule is COc1cccc(Nc2nc(-c3ccc(NC(=O)c4ccccc4Cl)cc3)cs2)c1. The number of hydrogen-bond acceptors (Lipinski definition) is 5. The van der Waals surface area contributed by atoms with Crippen molar-refractivity contribution in [2.45, 2.75) is 0 Å². The van der Waals surface area contributed by atoms with Crippen LogP contribution in [-0.4, -0.2) is 18.0 Å². The van der Waals surface area contributed by atoms with Gasteiger partial charge >= 0.3 is 0 Å². The Morgan fingerprint density at radius 2 is 1.80 bits per heavy atom. The van der Waals surface area contributed by atoms with Gasteiger partial charge in [-0.2, -0.15) is 0 Å². The minimum absolute atomic E-state index is 0.244. The molecule has 7 heteroatoms. The molecule has 1 amide bonds. The maximum Gasteiger partial charge on any atom is 0.257 e. The lowest BCUT2D eigenvalue weighted by atomic mass is 10.1. The van der Waals surface area contributed by atoms with Gasteiger partial charge in [-0.05, 0) is 36.4 Å². The summed E-state index contributed by atoms with van der Waals surface area (Å²) in [6, 6.07) is 22.2. The van der Waals surface area contributed by atoms with E-state index in [1.807, 2.05) is 53.9 Å². The van der Waals surface area contributed by atoms with Crippen LogP contribution in [0.4, 0.5) is 16.5 Å². The van der Waals surface area contributed by atoms with Crippen molar-refractivity contribution in [1.82, 2.24) is 4.98 Å². The van der Waals surface area contributed by atoms with Gasteiger partial charge in [-0.1, -0.05) is 41.9 Å². The second kappa shape index (κ2) is 8.98. The fourth-order valence-electron chi connectivity index (χ4n) is 2.86. The van der Waals surface area contributed by atoms with Crippen LogP contribution in [0, 0.1) is 0 Å². The Labute approximate surface area is 183 Å². The van der Waals surface area contributed by atoms with Crippen LogP contribution in [0.1, 0.15) is 10.4 Å². The van der Waals surface area contributed by atoms with Gasteiger partial charge < -0.3 is 15.4 Å². The van der Waals surface area contributed by atoms with E-state index in [4.69, 9.17) is 16.3 Å². The molecule has 30 heavy (non-hydrogen) atoms. The van der Waals surface area contributed by atoms with Gasteiger partial charge in [0.05, 0.1) is 23.4 Å². The van der Waals surface area contributed by atoms with E-state index in [0.29, 0.717) is 16.3 Å². The first-order valence-electron chi connectivity index (χ1n) is 9.15. The smallest absolute Gasteiger partial charge is 0.257 e. The first-order valence-corrected chi connectivity index (χ1v) is 10.4. The average Bonchev–Trinajstić information content (AvgIpc) is 3.23. The molecule has 4 rings (SSSR count). The zero-order chi connectivity index (χ0) is 20.9. The third-order valence-corrected chi connectivity index (χ3v) is 5.47. The van der Waals surface area contributed by atoms with Crippen LogP contribution in [0.5, 0.6) is 5.75 Å². The molecule has 0 radical (unpaired) electrons. The largest absolute Gasteiger partial charge is 0.497 e. The summed E-state index contributed by atoms with van der Waals surface area (Å²) in [4.78, 5) is 17.0. The minimum atomic E-state index is -0.244. The normalized spacial score (nSPS) is 10.5. The summed E-state index contributed by atoms with van der Waals surface area (Å²) in [7, 11) is 1.64. The molecule has 3 aromatic carbocycles. The summed E-state index contributed by atoms with van der Waals surface area (Å²) in [5.41, 5.74) is 3.85. The van der Waals surface area contributed by atoms with Crippen LogP contribution in [0.25, 0.3) is 11.3 Å². The first-order chi connectivity index (χ1) is 14.6. The van der Waals surface area contributed by atoms with Crippen LogP contribution in [0.15, 0.2) is 78.2 Å². The van der Waals surface area contributed by atoms with Crippen LogP contribution >= 0.6 is 22.9 Å². The number of ether oxygens (including phenoxy) is 1. The number of hydrogen-bond donors (Lipinski definition) is 2. The summed E-state index contributed by atoms with van der Waals surface area (Å²) in [6.45, 7) is 0. The van der Waals surface area contributed by atoms with Gasteiger partial charge in [-0.15, -0.1) is 11.3 Å². The second-order valence-corrected chi connectivity index (χ2v) is 7.67. The highest BCUT2D eigenvalue weighted by Gasteiger charge is 2.10. The van der Waals surface area contributed by atoms with Crippen molar-refractivity contribution in [3.63, 3.8) is 0 Å². The molecule has 5 nitrogen and oxygen atoms in total. The fraction of sp³-hybridized carbons (Fsp3) is 0.0435. The monoisotopic (exact) mass is 435 g/mol. The lowest BCUT2D eigenvalue weighted by Crippen LogP contribution is -2.12. The summed E-state index contributed by atoms with van der Waals surface area (Å²) in [5, 5.41) is 9.34. The molecule has 0 spiro atoms. The summed E-state index contributed by atoms with van der Waals surface area (Å²) in [6.07, 6.45) is 0.